The van der Waals surface area contributed by atoms with Gasteiger partial charge in [-0.2, -0.15) is 0 Å². The van der Waals surface area contributed by atoms with E-state index in [4.69, 9.17) is 5.73 Å². The fourth-order valence-corrected chi connectivity index (χ4v) is 2.63. The minimum Gasteiger partial charge on any atom is -0.366 e. The summed E-state index contributed by atoms with van der Waals surface area (Å²) >= 11 is 0. The molecule has 0 aliphatic heterocycles. The first-order chi connectivity index (χ1) is 12.4. The number of nitrogens with zero attached hydrogens (tertiary/aromatic N) is 3. The number of hydrogen-bond acceptors (Lipinski definition) is 4. The third-order valence-corrected chi connectivity index (χ3v) is 4.10. The van der Waals surface area contributed by atoms with Gasteiger partial charge in [-0.05, 0) is 49.8 Å². The smallest absolute Gasteiger partial charge is 0.274 e. The van der Waals surface area contributed by atoms with E-state index >= 15 is 0 Å². The SMILES string of the molecule is CN(C)CCn1ccc2ccc(NC(=O)c3ccc(C(N)=O)cn3)cc21. The molecule has 0 atom stereocenters. The molecule has 2 heterocycles. The molecule has 0 unspecified atom stereocenters. The van der Waals surface area contributed by atoms with Gasteiger partial charge in [0.1, 0.15) is 5.69 Å². The van der Waals surface area contributed by atoms with Crippen LogP contribution in [0.1, 0.15) is 20.8 Å². The van der Waals surface area contributed by atoms with E-state index in [2.05, 4.69) is 25.8 Å². The Morgan fingerprint density at radius 3 is 2.65 bits per heavy atom. The summed E-state index contributed by atoms with van der Waals surface area (Å²) in [6.07, 6.45) is 3.34. The van der Waals surface area contributed by atoms with E-state index in [0.717, 1.165) is 24.0 Å². The molecule has 0 saturated carbocycles. The number of carbonyl (C=O) groups excluding carboxylic acids is 2. The molecule has 0 radical (unpaired) electrons. The molecule has 0 aliphatic carbocycles. The Morgan fingerprint density at radius 2 is 2.00 bits per heavy atom. The molecule has 0 spiro atoms. The van der Waals surface area contributed by atoms with Gasteiger partial charge in [0.05, 0.1) is 11.1 Å². The fraction of sp³-hybridized carbons (Fsp3) is 0.211. The number of benzene rings is 1. The molecule has 0 bridgehead atoms. The van der Waals surface area contributed by atoms with Crippen molar-refractivity contribution in [2.24, 2.45) is 5.73 Å². The van der Waals surface area contributed by atoms with Gasteiger partial charge in [0.15, 0.2) is 0 Å². The topological polar surface area (TPSA) is 93.2 Å². The summed E-state index contributed by atoms with van der Waals surface area (Å²) in [5.41, 5.74) is 7.41. The van der Waals surface area contributed by atoms with Gasteiger partial charge in [0.2, 0.25) is 5.91 Å². The predicted octanol–water partition coefficient (Wildman–Crippen LogP) is 1.95. The average Bonchev–Trinajstić information content (AvgIpc) is 3.02. The van der Waals surface area contributed by atoms with E-state index in [1.165, 1.54) is 18.3 Å². The van der Waals surface area contributed by atoms with Crippen molar-refractivity contribution < 1.29 is 9.59 Å². The highest BCUT2D eigenvalue weighted by atomic mass is 16.2. The second-order valence-electron chi connectivity index (χ2n) is 6.34. The van der Waals surface area contributed by atoms with E-state index in [0.29, 0.717) is 5.69 Å². The minimum absolute atomic E-state index is 0.220. The monoisotopic (exact) mass is 351 g/mol. The van der Waals surface area contributed by atoms with Crippen LogP contribution >= 0.6 is 0 Å². The minimum atomic E-state index is -0.576. The maximum absolute atomic E-state index is 12.4. The van der Waals surface area contributed by atoms with Gasteiger partial charge >= 0.3 is 0 Å². The fourth-order valence-electron chi connectivity index (χ4n) is 2.63. The Labute approximate surface area is 151 Å². The molecule has 134 valence electrons. The van der Waals surface area contributed by atoms with Crippen LogP contribution in [0, 0.1) is 0 Å². The highest BCUT2D eigenvalue weighted by Crippen LogP contribution is 2.21. The van der Waals surface area contributed by atoms with Crippen molar-refractivity contribution >= 4 is 28.4 Å². The number of rotatable bonds is 6. The molecule has 2 amide bonds. The first kappa shape index (κ1) is 17.6. The van der Waals surface area contributed by atoms with Crippen LogP contribution in [0.2, 0.25) is 0 Å². The van der Waals surface area contributed by atoms with Crippen molar-refractivity contribution in [3.05, 3.63) is 60.0 Å². The zero-order valence-electron chi connectivity index (χ0n) is 14.8. The van der Waals surface area contributed by atoms with Crippen molar-refractivity contribution in [3.63, 3.8) is 0 Å². The van der Waals surface area contributed by atoms with E-state index in [9.17, 15) is 9.59 Å². The number of primary amides is 1. The summed E-state index contributed by atoms with van der Waals surface area (Å²) in [5.74, 6) is -0.917. The van der Waals surface area contributed by atoms with Crippen LogP contribution in [0.4, 0.5) is 5.69 Å². The van der Waals surface area contributed by atoms with Crippen LogP contribution < -0.4 is 11.1 Å². The summed E-state index contributed by atoms with van der Waals surface area (Å²) in [4.78, 5) is 29.6. The van der Waals surface area contributed by atoms with Gasteiger partial charge in [-0.15, -0.1) is 0 Å². The van der Waals surface area contributed by atoms with E-state index in [1.54, 1.807) is 0 Å². The number of nitrogens with two attached hydrogens (primary N) is 1. The first-order valence-corrected chi connectivity index (χ1v) is 8.25. The Kier molecular flexibility index (Phi) is 4.99. The van der Waals surface area contributed by atoms with Crippen molar-refractivity contribution in [2.45, 2.75) is 6.54 Å². The maximum atomic E-state index is 12.4. The van der Waals surface area contributed by atoms with Crippen molar-refractivity contribution in [2.75, 3.05) is 26.0 Å². The molecule has 3 N–H and O–H groups in total. The number of carbonyl (C=O) groups is 2. The van der Waals surface area contributed by atoms with E-state index in [-0.39, 0.29) is 17.2 Å². The molecule has 3 aromatic rings. The third-order valence-electron chi connectivity index (χ3n) is 4.10. The van der Waals surface area contributed by atoms with E-state index in [1.807, 2.05) is 38.5 Å². The summed E-state index contributed by atoms with van der Waals surface area (Å²) < 4.78 is 2.16. The number of nitrogens with one attached hydrogen (secondary N) is 1. The standard InChI is InChI=1S/C19H21N5O2/c1-23(2)9-10-24-8-7-13-3-5-15(11-17(13)24)22-19(26)16-6-4-14(12-21-16)18(20)25/h3-8,11-12H,9-10H2,1-2H3,(H2,20,25)(H,22,26). The van der Waals surface area contributed by atoms with Crippen molar-refractivity contribution in [1.29, 1.82) is 0 Å². The molecule has 0 aliphatic rings. The van der Waals surface area contributed by atoms with Gasteiger partial charge in [-0.25, -0.2) is 0 Å². The highest BCUT2D eigenvalue weighted by molar-refractivity contribution is 6.04. The average molecular weight is 351 g/mol. The van der Waals surface area contributed by atoms with Crippen molar-refractivity contribution in [3.8, 4) is 0 Å². The quantitative estimate of drug-likeness (QED) is 0.710. The zero-order valence-corrected chi connectivity index (χ0v) is 14.8. The Hall–Kier alpha value is -3.19. The second-order valence-corrected chi connectivity index (χ2v) is 6.34. The lowest BCUT2D eigenvalue weighted by Crippen LogP contribution is -2.18. The van der Waals surface area contributed by atoms with Crippen LogP contribution in [0.3, 0.4) is 0 Å². The maximum Gasteiger partial charge on any atom is 0.274 e. The van der Waals surface area contributed by atoms with Gasteiger partial charge in [-0.3, -0.25) is 14.6 Å². The Bertz CT molecular complexity index is 944. The van der Waals surface area contributed by atoms with Crippen LogP contribution in [0.5, 0.6) is 0 Å². The summed E-state index contributed by atoms with van der Waals surface area (Å²) in [5, 5.41) is 3.96. The Morgan fingerprint density at radius 1 is 1.19 bits per heavy atom. The largest absolute Gasteiger partial charge is 0.366 e. The number of aromatic nitrogens is 2. The molecule has 1 aromatic carbocycles. The molecule has 3 rings (SSSR count). The molecule has 0 fully saturated rings. The van der Waals surface area contributed by atoms with Crippen LogP contribution in [-0.4, -0.2) is 46.9 Å². The molecule has 0 saturated heterocycles. The molecular weight excluding hydrogens is 330 g/mol. The number of fused-ring (bicyclic) bond motifs is 1. The number of anilines is 1. The molecule has 26 heavy (non-hydrogen) atoms. The van der Waals surface area contributed by atoms with E-state index < -0.39 is 5.91 Å². The van der Waals surface area contributed by atoms with Crippen LogP contribution in [0.15, 0.2) is 48.8 Å². The lowest BCUT2D eigenvalue weighted by atomic mass is 10.2. The molecule has 2 aromatic heterocycles. The molecule has 7 nitrogen and oxygen atoms in total. The summed E-state index contributed by atoms with van der Waals surface area (Å²) in [6, 6.07) is 10.8. The second kappa shape index (κ2) is 7.37. The predicted molar refractivity (Wildman–Crippen MR) is 101 cm³/mol. The lowest BCUT2D eigenvalue weighted by molar-refractivity contribution is 0.0993. The number of likely N-dealkylation sites (N-methyl/N-ethyl adjacent to an activating group) is 1. The van der Waals surface area contributed by atoms with Crippen LogP contribution in [0.25, 0.3) is 10.9 Å². The number of hydrogen-bond donors (Lipinski definition) is 2. The van der Waals surface area contributed by atoms with Gasteiger partial charge in [0.25, 0.3) is 5.91 Å². The van der Waals surface area contributed by atoms with Gasteiger partial charge < -0.3 is 20.5 Å². The molecule has 7 heteroatoms. The summed E-state index contributed by atoms with van der Waals surface area (Å²) in [6.45, 7) is 1.79. The Balaban J connectivity index is 1.78. The highest BCUT2D eigenvalue weighted by Gasteiger charge is 2.10. The van der Waals surface area contributed by atoms with Gasteiger partial charge in [-0.1, -0.05) is 6.07 Å². The lowest BCUT2D eigenvalue weighted by Gasteiger charge is -2.12. The number of pyridine rings is 1. The normalized spacial score (nSPS) is 11.0. The first-order valence-electron chi connectivity index (χ1n) is 8.25. The third kappa shape index (κ3) is 3.89. The summed E-state index contributed by atoms with van der Waals surface area (Å²) in [7, 11) is 4.07. The van der Waals surface area contributed by atoms with Gasteiger partial charge in [0, 0.05) is 31.2 Å². The van der Waals surface area contributed by atoms with Crippen LogP contribution in [-0.2, 0) is 6.54 Å². The molecular formula is C19H21N5O2. The van der Waals surface area contributed by atoms with Crippen molar-refractivity contribution in [1.82, 2.24) is 14.5 Å². The zero-order chi connectivity index (χ0) is 18.7. The number of amides is 2.